The van der Waals surface area contributed by atoms with Gasteiger partial charge in [-0.15, -0.1) is 0 Å². The average Bonchev–Trinajstić information content (AvgIpc) is 2.03. The van der Waals surface area contributed by atoms with E-state index in [1.807, 2.05) is 0 Å². The van der Waals surface area contributed by atoms with E-state index in [1.54, 1.807) is 0 Å². The van der Waals surface area contributed by atoms with Crippen LogP contribution in [-0.2, 0) is 19.1 Å². The summed E-state index contributed by atoms with van der Waals surface area (Å²) < 4.78 is 4.39. The van der Waals surface area contributed by atoms with Crippen molar-refractivity contribution >= 4 is 17.7 Å². The molecule has 0 aromatic rings. The van der Waals surface area contributed by atoms with Crippen molar-refractivity contribution in [1.82, 2.24) is 0 Å². The number of carboxylic acid groups (broad SMARTS) is 1. The lowest BCUT2D eigenvalue weighted by molar-refractivity contribution is -0.153. The zero-order valence-corrected chi connectivity index (χ0v) is 7.15. The normalized spacial score (nSPS) is 11.8. The summed E-state index contributed by atoms with van der Waals surface area (Å²) in [5, 5.41) is 8.32. The van der Waals surface area contributed by atoms with Crippen molar-refractivity contribution in [1.29, 1.82) is 0 Å². The third-order valence-electron chi connectivity index (χ3n) is 1.27. The summed E-state index contributed by atoms with van der Waals surface area (Å²) in [6, 6.07) is -1.07. The van der Waals surface area contributed by atoms with E-state index in [0.717, 1.165) is 6.92 Å². The smallest absolute Gasteiger partial charge is 0.374 e. The summed E-state index contributed by atoms with van der Waals surface area (Å²) >= 11 is 0. The van der Waals surface area contributed by atoms with Crippen LogP contribution in [0.5, 0.6) is 0 Å². The van der Waals surface area contributed by atoms with Crippen LogP contribution in [0, 0.1) is 0 Å². The molecule has 74 valence electrons. The largest absolute Gasteiger partial charge is 0.480 e. The topological polar surface area (TPSA) is 107 Å². The van der Waals surface area contributed by atoms with Crippen molar-refractivity contribution in [3.63, 3.8) is 0 Å². The highest BCUT2D eigenvalue weighted by molar-refractivity contribution is 6.32. The number of ether oxygens (including phenoxy) is 1. The van der Waals surface area contributed by atoms with Gasteiger partial charge >= 0.3 is 11.9 Å². The Labute approximate surface area is 74.7 Å². The van der Waals surface area contributed by atoms with Gasteiger partial charge in [-0.2, -0.15) is 0 Å². The molecule has 0 heterocycles. The number of hydrogen-bond donors (Lipinski definition) is 2. The molecule has 0 aromatic carbocycles. The minimum Gasteiger partial charge on any atom is -0.480 e. The molecule has 0 aliphatic heterocycles. The lowest BCUT2D eigenvalue weighted by atomic mass is 10.2. The van der Waals surface area contributed by atoms with Gasteiger partial charge < -0.3 is 15.6 Å². The molecule has 6 heteroatoms. The zero-order chi connectivity index (χ0) is 10.4. The minimum atomic E-state index is -1.17. The summed E-state index contributed by atoms with van der Waals surface area (Å²) in [4.78, 5) is 31.0. The number of nitrogens with two attached hydrogens (primary N) is 1. The number of esters is 1. The highest BCUT2D eigenvalue weighted by Crippen LogP contribution is 1.90. The van der Waals surface area contributed by atoms with Crippen LogP contribution in [0.2, 0.25) is 0 Å². The van der Waals surface area contributed by atoms with Gasteiger partial charge in [0, 0.05) is 13.3 Å². The fourth-order valence-electron chi connectivity index (χ4n) is 0.504. The van der Waals surface area contributed by atoms with E-state index in [9.17, 15) is 14.4 Å². The first kappa shape index (κ1) is 11.6. The number of hydrogen-bond acceptors (Lipinski definition) is 5. The number of aliphatic carboxylic acids is 1. The Morgan fingerprint density at radius 2 is 2.00 bits per heavy atom. The summed E-state index contributed by atoms with van der Waals surface area (Å²) in [5.74, 6) is -2.86. The molecule has 0 radical (unpaired) electrons. The predicted molar refractivity (Wildman–Crippen MR) is 41.9 cm³/mol. The van der Waals surface area contributed by atoms with Crippen molar-refractivity contribution in [2.45, 2.75) is 19.4 Å². The number of carbonyl (C=O) groups is 3. The van der Waals surface area contributed by atoms with Crippen molar-refractivity contribution < 1.29 is 24.2 Å². The van der Waals surface area contributed by atoms with E-state index in [-0.39, 0.29) is 13.0 Å². The molecule has 0 aliphatic carbocycles. The van der Waals surface area contributed by atoms with Gasteiger partial charge in [-0.1, -0.05) is 0 Å². The molecule has 0 bridgehead atoms. The van der Waals surface area contributed by atoms with Crippen LogP contribution in [0.3, 0.4) is 0 Å². The van der Waals surface area contributed by atoms with Crippen molar-refractivity contribution in [2.24, 2.45) is 5.73 Å². The Hall–Kier alpha value is -1.43. The second-order valence-corrected chi connectivity index (χ2v) is 2.43. The highest BCUT2D eigenvalue weighted by Gasteiger charge is 2.13. The Morgan fingerprint density at radius 3 is 2.38 bits per heavy atom. The fraction of sp³-hybridized carbons (Fsp3) is 0.571. The predicted octanol–water partition coefficient (Wildman–Crippen LogP) is -1.08. The molecule has 0 rings (SSSR count). The summed E-state index contributed by atoms with van der Waals surface area (Å²) in [5.41, 5.74) is 5.10. The maximum Gasteiger partial charge on any atom is 0.374 e. The molecular formula is C7H11NO5. The summed E-state index contributed by atoms with van der Waals surface area (Å²) in [6.45, 7) is 0.908. The van der Waals surface area contributed by atoms with Crippen LogP contribution in [-0.4, -0.2) is 35.5 Å². The lowest BCUT2D eigenvalue weighted by Gasteiger charge is -2.05. The minimum absolute atomic E-state index is 0.00560. The molecule has 0 amide bonds. The van der Waals surface area contributed by atoms with Crippen molar-refractivity contribution in [2.75, 3.05) is 6.61 Å². The molecule has 0 saturated carbocycles. The monoisotopic (exact) mass is 189 g/mol. The van der Waals surface area contributed by atoms with E-state index in [1.165, 1.54) is 0 Å². The van der Waals surface area contributed by atoms with Crippen LogP contribution < -0.4 is 5.73 Å². The molecule has 3 N–H and O–H groups in total. The lowest BCUT2D eigenvalue weighted by Crippen LogP contribution is -2.32. The highest BCUT2D eigenvalue weighted by atomic mass is 16.5. The number of Topliss-reactive ketones (excluding diaryl/α,β-unsaturated/α-hetero) is 1. The van der Waals surface area contributed by atoms with E-state index >= 15 is 0 Å². The van der Waals surface area contributed by atoms with Gasteiger partial charge in [0.1, 0.15) is 6.04 Å². The molecule has 13 heavy (non-hydrogen) atoms. The molecule has 1 unspecified atom stereocenters. The molecule has 0 aliphatic rings. The van der Waals surface area contributed by atoms with E-state index < -0.39 is 23.8 Å². The number of ketones is 1. The maximum absolute atomic E-state index is 10.5. The maximum atomic E-state index is 10.5. The molecule has 6 nitrogen and oxygen atoms in total. The Balaban J connectivity index is 3.62. The molecule has 0 saturated heterocycles. The van der Waals surface area contributed by atoms with Crippen LogP contribution in [0.25, 0.3) is 0 Å². The van der Waals surface area contributed by atoms with E-state index in [2.05, 4.69) is 4.74 Å². The second-order valence-electron chi connectivity index (χ2n) is 2.43. The number of carboxylic acids is 1. The summed E-state index contributed by atoms with van der Waals surface area (Å²) in [7, 11) is 0. The van der Waals surface area contributed by atoms with E-state index in [4.69, 9.17) is 10.8 Å². The number of carbonyl (C=O) groups excluding carboxylic acids is 2. The first-order chi connectivity index (χ1) is 5.95. The quantitative estimate of drug-likeness (QED) is 0.421. The Morgan fingerprint density at radius 1 is 1.46 bits per heavy atom. The van der Waals surface area contributed by atoms with Crippen LogP contribution in [0.15, 0.2) is 0 Å². The summed E-state index contributed by atoms with van der Waals surface area (Å²) in [6.07, 6.45) is -0.00560. The third kappa shape index (κ3) is 4.91. The molecule has 0 fully saturated rings. The van der Waals surface area contributed by atoms with Gasteiger partial charge in [0.25, 0.3) is 0 Å². The Kier molecular flexibility index (Phi) is 4.68. The molecule has 0 aromatic heterocycles. The van der Waals surface area contributed by atoms with Gasteiger partial charge in [-0.3, -0.25) is 9.59 Å². The number of rotatable bonds is 5. The first-order valence-electron chi connectivity index (χ1n) is 3.61. The van der Waals surface area contributed by atoms with Crippen molar-refractivity contribution in [3.05, 3.63) is 0 Å². The fourth-order valence-corrected chi connectivity index (χ4v) is 0.504. The van der Waals surface area contributed by atoms with Gasteiger partial charge in [0.15, 0.2) is 0 Å². The van der Waals surface area contributed by atoms with Crippen LogP contribution in [0.1, 0.15) is 13.3 Å². The SMILES string of the molecule is CC(=O)C(=O)OCCC(N)C(=O)O. The van der Waals surface area contributed by atoms with Crippen LogP contribution >= 0.6 is 0 Å². The van der Waals surface area contributed by atoms with Gasteiger partial charge in [-0.25, -0.2) is 4.79 Å². The zero-order valence-electron chi connectivity index (χ0n) is 7.15. The van der Waals surface area contributed by atoms with Crippen molar-refractivity contribution in [3.8, 4) is 0 Å². The first-order valence-corrected chi connectivity index (χ1v) is 3.61. The second kappa shape index (κ2) is 5.26. The Bertz CT molecular complexity index is 225. The van der Waals surface area contributed by atoms with E-state index in [0.29, 0.717) is 0 Å². The van der Waals surface area contributed by atoms with Gasteiger partial charge in [0.05, 0.1) is 6.61 Å². The molecule has 0 spiro atoms. The van der Waals surface area contributed by atoms with Crippen LogP contribution in [0.4, 0.5) is 0 Å². The van der Waals surface area contributed by atoms with Gasteiger partial charge in [0.2, 0.25) is 5.78 Å². The van der Waals surface area contributed by atoms with Gasteiger partial charge in [-0.05, 0) is 0 Å². The molecule has 1 atom stereocenters. The average molecular weight is 189 g/mol. The third-order valence-corrected chi connectivity index (χ3v) is 1.27. The molecular weight excluding hydrogens is 178 g/mol. The standard InChI is InChI=1S/C7H11NO5/c1-4(9)7(12)13-3-2-5(8)6(10)11/h5H,2-3,8H2,1H3,(H,10,11).